The number of para-hydroxylation sites is 3. The number of unbranched alkanes of at least 4 members (excludes halogenated alkanes) is 1. The molecule has 0 unspecified atom stereocenters. The average Bonchev–Trinajstić information content (AvgIpc) is 2.96. The number of fused-ring (bicyclic) bond motifs is 1. The van der Waals surface area contributed by atoms with Crippen molar-refractivity contribution in [3.63, 3.8) is 0 Å². The van der Waals surface area contributed by atoms with E-state index in [0.717, 1.165) is 0 Å². The first kappa shape index (κ1) is 15.6. The van der Waals surface area contributed by atoms with E-state index in [4.69, 9.17) is 5.11 Å². The first-order valence-corrected chi connectivity index (χ1v) is 7.65. The summed E-state index contributed by atoms with van der Waals surface area (Å²) < 4.78 is 30.9. The SMILES string of the molecule is OCCCCC(F)(F)c1nc2ccccc2n1-c1ccccc1. The molecule has 0 saturated heterocycles. The molecule has 3 rings (SSSR count). The highest BCUT2D eigenvalue weighted by Crippen LogP contribution is 2.36. The van der Waals surface area contributed by atoms with Crippen LogP contribution in [-0.2, 0) is 5.92 Å². The van der Waals surface area contributed by atoms with Crippen LogP contribution in [-0.4, -0.2) is 21.3 Å². The van der Waals surface area contributed by atoms with E-state index >= 15 is 0 Å². The van der Waals surface area contributed by atoms with Gasteiger partial charge in [-0.05, 0) is 37.1 Å². The van der Waals surface area contributed by atoms with Crippen LogP contribution >= 0.6 is 0 Å². The largest absolute Gasteiger partial charge is 0.396 e. The Morgan fingerprint density at radius 2 is 1.65 bits per heavy atom. The van der Waals surface area contributed by atoms with Crippen LogP contribution in [0.1, 0.15) is 25.1 Å². The zero-order valence-corrected chi connectivity index (χ0v) is 12.6. The van der Waals surface area contributed by atoms with Gasteiger partial charge in [0.25, 0.3) is 0 Å². The third-order valence-electron chi connectivity index (χ3n) is 3.80. The number of nitrogens with zero attached hydrogens (tertiary/aromatic N) is 2. The molecule has 0 aliphatic rings. The second-order valence-electron chi connectivity index (χ2n) is 5.48. The Kier molecular flexibility index (Phi) is 4.39. The molecule has 0 atom stereocenters. The van der Waals surface area contributed by atoms with Gasteiger partial charge in [0.15, 0.2) is 5.82 Å². The third-order valence-corrected chi connectivity index (χ3v) is 3.80. The smallest absolute Gasteiger partial charge is 0.305 e. The molecule has 1 N–H and O–H groups in total. The lowest BCUT2D eigenvalue weighted by molar-refractivity contribution is -0.0263. The van der Waals surface area contributed by atoms with Gasteiger partial charge in [-0.1, -0.05) is 30.3 Å². The van der Waals surface area contributed by atoms with Crippen molar-refractivity contribution >= 4 is 11.0 Å². The fraction of sp³-hybridized carbons (Fsp3) is 0.278. The van der Waals surface area contributed by atoms with Crippen LogP contribution in [0, 0.1) is 0 Å². The van der Waals surface area contributed by atoms with Crippen molar-refractivity contribution < 1.29 is 13.9 Å². The summed E-state index contributed by atoms with van der Waals surface area (Å²) in [5.41, 5.74) is 1.88. The van der Waals surface area contributed by atoms with Crippen LogP contribution < -0.4 is 0 Å². The summed E-state index contributed by atoms with van der Waals surface area (Å²) >= 11 is 0. The maximum Gasteiger partial charge on any atom is 0.305 e. The lowest BCUT2D eigenvalue weighted by atomic mass is 10.1. The lowest BCUT2D eigenvalue weighted by Gasteiger charge is -2.18. The van der Waals surface area contributed by atoms with Crippen molar-refractivity contribution in [1.29, 1.82) is 0 Å². The van der Waals surface area contributed by atoms with Crippen molar-refractivity contribution in [1.82, 2.24) is 9.55 Å². The van der Waals surface area contributed by atoms with E-state index in [1.54, 1.807) is 30.3 Å². The van der Waals surface area contributed by atoms with E-state index in [9.17, 15) is 8.78 Å². The summed E-state index contributed by atoms with van der Waals surface area (Å²) in [6, 6.07) is 16.2. The van der Waals surface area contributed by atoms with Crippen molar-refractivity contribution in [2.24, 2.45) is 0 Å². The van der Waals surface area contributed by atoms with E-state index in [1.165, 1.54) is 4.57 Å². The Balaban J connectivity index is 2.13. The molecule has 0 fully saturated rings. The predicted octanol–water partition coefficient (Wildman–Crippen LogP) is 4.28. The molecule has 1 aromatic heterocycles. The zero-order valence-electron chi connectivity index (χ0n) is 12.6. The number of halogens is 2. The summed E-state index contributed by atoms with van der Waals surface area (Å²) in [6.07, 6.45) is 0.284. The van der Waals surface area contributed by atoms with Gasteiger partial charge in [0, 0.05) is 18.7 Å². The molecule has 0 aliphatic heterocycles. The summed E-state index contributed by atoms with van der Waals surface area (Å²) in [5.74, 6) is -3.30. The van der Waals surface area contributed by atoms with E-state index in [0.29, 0.717) is 23.1 Å². The van der Waals surface area contributed by atoms with Gasteiger partial charge in [0.2, 0.25) is 0 Å². The van der Waals surface area contributed by atoms with Gasteiger partial charge in [0.1, 0.15) is 0 Å². The molecular formula is C18H18F2N2O. The highest BCUT2D eigenvalue weighted by molar-refractivity contribution is 5.78. The molecule has 0 bridgehead atoms. The highest BCUT2D eigenvalue weighted by atomic mass is 19.3. The van der Waals surface area contributed by atoms with Crippen LogP contribution in [0.2, 0.25) is 0 Å². The zero-order chi connectivity index (χ0) is 16.3. The summed E-state index contributed by atoms with van der Waals surface area (Å²) in [6.45, 7) is -0.0782. The Bertz CT molecular complexity index is 784. The molecule has 120 valence electrons. The first-order chi connectivity index (χ1) is 11.1. The Morgan fingerprint density at radius 3 is 2.39 bits per heavy atom. The van der Waals surface area contributed by atoms with Gasteiger partial charge in [-0.15, -0.1) is 0 Å². The van der Waals surface area contributed by atoms with Gasteiger partial charge in [-0.2, -0.15) is 8.78 Å². The maximum absolute atomic E-state index is 14.7. The fourth-order valence-electron chi connectivity index (χ4n) is 2.68. The number of aromatic nitrogens is 2. The van der Waals surface area contributed by atoms with E-state index in [2.05, 4.69) is 4.98 Å². The first-order valence-electron chi connectivity index (χ1n) is 7.65. The minimum Gasteiger partial charge on any atom is -0.396 e. The number of alkyl halides is 2. The molecule has 3 aromatic rings. The van der Waals surface area contributed by atoms with Gasteiger partial charge < -0.3 is 5.11 Å². The second-order valence-corrected chi connectivity index (χ2v) is 5.48. The normalized spacial score (nSPS) is 12.0. The molecule has 0 spiro atoms. The number of imidazole rings is 1. The fourth-order valence-corrected chi connectivity index (χ4v) is 2.68. The van der Waals surface area contributed by atoms with Crippen molar-refractivity contribution in [3.8, 4) is 5.69 Å². The molecule has 2 aromatic carbocycles. The number of benzene rings is 2. The monoisotopic (exact) mass is 316 g/mol. The second kappa shape index (κ2) is 6.46. The third kappa shape index (κ3) is 3.10. The summed E-state index contributed by atoms with van der Waals surface area (Å²) in [5, 5.41) is 8.81. The molecule has 0 amide bonds. The van der Waals surface area contributed by atoms with Crippen LogP contribution in [0.4, 0.5) is 8.78 Å². The molecule has 23 heavy (non-hydrogen) atoms. The lowest BCUT2D eigenvalue weighted by Crippen LogP contribution is -2.19. The molecule has 0 aliphatic carbocycles. The topological polar surface area (TPSA) is 38.1 Å². The Hall–Kier alpha value is -2.27. The molecule has 3 nitrogen and oxygen atoms in total. The molecule has 1 heterocycles. The van der Waals surface area contributed by atoms with Gasteiger partial charge in [-0.25, -0.2) is 4.98 Å². The van der Waals surface area contributed by atoms with E-state index in [-0.39, 0.29) is 25.3 Å². The van der Waals surface area contributed by atoms with Gasteiger partial charge >= 0.3 is 5.92 Å². The average molecular weight is 316 g/mol. The quantitative estimate of drug-likeness (QED) is 0.689. The van der Waals surface area contributed by atoms with E-state index < -0.39 is 5.92 Å². The number of hydrogen-bond acceptors (Lipinski definition) is 2. The number of aliphatic hydroxyl groups is 1. The van der Waals surface area contributed by atoms with Gasteiger partial charge in [-0.3, -0.25) is 4.57 Å². The van der Waals surface area contributed by atoms with Crippen LogP contribution in [0.25, 0.3) is 16.7 Å². The maximum atomic E-state index is 14.7. The molecule has 0 radical (unpaired) electrons. The predicted molar refractivity (Wildman–Crippen MR) is 85.9 cm³/mol. The minimum absolute atomic E-state index is 0.0782. The molecule has 5 heteroatoms. The van der Waals surface area contributed by atoms with Gasteiger partial charge in [0.05, 0.1) is 11.0 Å². The summed E-state index contributed by atoms with van der Waals surface area (Å²) in [4.78, 5) is 4.19. The van der Waals surface area contributed by atoms with Crippen molar-refractivity contribution in [2.75, 3.05) is 6.61 Å². The highest BCUT2D eigenvalue weighted by Gasteiger charge is 2.37. The number of aliphatic hydroxyl groups excluding tert-OH is 1. The Labute approximate surface area is 133 Å². The molecular weight excluding hydrogens is 298 g/mol. The van der Waals surface area contributed by atoms with Crippen LogP contribution in [0.3, 0.4) is 0 Å². The van der Waals surface area contributed by atoms with Crippen molar-refractivity contribution in [2.45, 2.75) is 25.2 Å². The standard InChI is InChI=1S/C18H18F2N2O/c19-18(20,12-6-7-13-23)17-21-15-10-4-5-11-16(15)22(17)14-8-2-1-3-9-14/h1-5,8-11,23H,6-7,12-13H2. The summed E-state index contributed by atoms with van der Waals surface area (Å²) in [7, 11) is 0. The van der Waals surface area contributed by atoms with Crippen LogP contribution in [0.15, 0.2) is 54.6 Å². The van der Waals surface area contributed by atoms with Crippen molar-refractivity contribution in [3.05, 3.63) is 60.4 Å². The minimum atomic E-state index is -3.05. The Morgan fingerprint density at radius 1 is 0.957 bits per heavy atom. The van der Waals surface area contributed by atoms with E-state index in [1.807, 2.05) is 24.3 Å². The number of rotatable bonds is 6. The van der Waals surface area contributed by atoms with Crippen LogP contribution in [0.5, 0.6) is 0 Å². The molecule has 0 saturated carbocycles. The number of hydrogen-bond donors (Lipinski definition) is 1.